The standard InChI is InChI=1S/C30H39N5O5S.C23H25ClN4O5S.C7H15N.CH2O3.ClH.2K.2H2S.H/c1-19-16-28(2,3)34(17-19)26-22(27(37)33-41(38,39)21-10-8-20(36)9-11-21)12-13-24(31-26)35-15-14-25(32-35)40-18-23-29(4,5)30(23,6)7;1-22(2)17(23(22,3)4)13-33-19-11-12-28(26-19)18-10-9-16(20(24)25-18)21(30)27-34(31,32)15-7-5-14(29)6-8-15;1-6-4-7(2,3)8-5-6;2-1-4-3;;;;;;/h8-15,19,23,36H,16-18H2,1-7H3,(H,33,37);5-12,17,29H,13H2,1-4H3,(H,27,30);6,8H,4-5H2,1-3H3;1,3H;1H;;;2*1H2;/q;;;;;2*+1;;;-1/p-1/t19-;;6-;;;;;;;/m0.0......./s1. The van der Waals surface area contributed by atoms with Gasteiger partial charge in [0.05, 0.1) is 34.1 Å². The van der Waals surface area contributed by atoms with Crippen LogP contribution in [0, 0.1) is 45.3 Å². The van der Waals surface area contributed by atoms with Gasteiger partial charge < -0.3 is 41.5 Å². The minimum Gasteiger partial charge on any atom is -1.00 e. The van der Waals surface area contributed by atoms with Crippen molar-refractivity contribution in [1.82, 2.24) is 44.3 Å². The first kappa shape index (κ1) is 85.0. The molecule has 4 fully saturated rings. The van der Waals surface area contributed by atoms with Gasteiger partial charge in [-0.2, -0.15) is 27.0 Å². The summed E-state index contributed by atoms with van der Waals surface area (Å²) in [4.78, 5) is 48.0. The third-order valence-corrected chi connectivity index (χ3v) is 21.1. The molecule has 0 unspecified atom stereocenters. The molecule has 6 heterocycles. The minimum atomic E-state index is -4.18. The Morgan fingerprint density at radius 3 is 1.37 bits per heavy atom. The van der Waals surface area contributed by atoms with Gasteiger partial charge in [-0.3, -0.25) is 14.4 Å². The molecule has 0 radical (unpaired) electrons. The number of hydrogen-bond donors (Lipinski definition) is 5. The second-order valence-electron chi connectivity index (χ2n) is 26.2. The first-order valence-corrected chi connectivity index (χ1v) is 31.7. The van der Waals surface area contributed by atoms with Crippen LogP contribution in [0.5, 0.6) is 23.3 Å². The van der Waals surface area contributed by atoms with Crippen LogP contribution in [-0.4, -0.2) is 112 Å². The molecule has 2 amide bonds. The van der Waals surface area contributed by atoms with Crippen LogP contribution in [0.2, 0.25) is 5.15 Å². The maximum atomic E-state index is 13.4. The van der Waals surface area contributed by atoms with E-state index in [0.717, 1.165) is 12.3 Å². The Labute approximate surface area is 652 Å². The fraction of sp³-hybridized carbons (Fsp3) is 0.492. The summed E-state index contributed by atoms with van der Waals surface area (Å²) in [5, 5.41) is 39.5. The van der Waals surface area contributed by atoms with Gasteiger partial charge in [0, 0.05) is 54.0 Å². The van der Waals surface area contributed by atoms with E-state index in [0.29, 0.717) is 72.3 Å². The van der Waals surface area contributed by atoms with Gasteiger partial charge in [-0.15, -0.1) is 22.6 Å². The molecule has 92 heavy (non-hydrogen) atoms. The van der Waals surface area contributed by atoms with Crippen molar-refractivity contribution in [3.8, 4) is 34.9 Å². The Balaban J connectivity index is 0.000000753. The summed E-state index contributed by atoms with van der Waals surface area (Å²) in [6.45, 7) is 33.8. The Morgan fingerprint density at radius 2 is 1.04 bits per heavy atom. The average molecular weight is 1440 g/mol. The zero-order valence-electron chi connectivity index (χ0n) is 56.0. The van der Waals surface area contributed by atoms with Crippen LogP contribution < -0.4 is 137 Å². The molecule has 498 valence electrons. The number of amides is 2. The van der Waals surface area contributed by atoms with E-state index in [9.17, 15) is 36.6 Å². The third-order valence-electron chi connectivity index (χ3n) is 18.1. The number of ether oxygens (including phenoxy) is 2. The molecule has 2 aliphatic heterocycles. The smallest absolute Gasteiger partial charge is 1.00 e. The second-order valence-corrected chi connectivity index (χ2v) is 29.9. The topological polar surface area (TPSA) is 311 Å². The maximum absolute atomic E-state index is 13.4. The number of aromatic nitrogens is 6. The zero-order valence-corrected chi connectivity index (χ0v) is 66.4. The number of nitrogens with zero attached hydrogens (tertiary/aromatic N) is 7. The van der Waals surface area contributed by atoms with E-state index >= 15 is 0 Å². The first-order valence-electron chi connectivity index (χ1n) is 28.4. The Kier molecular flexibility index (Phi) is 30.9. The van der Waals surface area contributed by atoms with Crippen LogP contribution in [0.3, 0.4) is 0 Å². The third kappa shape index (κ3) is 20.3. The van der Waals surface area contributed by atoms with Crippen molar-refractivity contribution < 1.29 is 165 Å². The van der Waals surface area contributed by atoms with E-state index in [1.807, 2.05) is 4.72 Å². The summed E-state index contributed by atoms with van der Waals surface area (Å²) in [5.74, 6) is 2.33. The first-order chi connectivity index (χ1) is 40.4. The van der Waals surface area contributed by atoms with E-state index in [4.69, 9.17) is 36.1 Å². The Bertz CT molecular complexity index is 3690. The van der Waals surface area contributed by atoms with Crippen LogP contribution in [0.15, 0.2) is 107 Å². The van der Waals surface area contributed by atoms with Crippen molar-refractivity contribution >= 4 is 95.2 Å². The van der Waals surface area contributed by atoms with Crippen LogP contribution in [0.4, 0.5) is 5.82 Å². The van der Waals surface area contributed by atoms with E-state index in [1.54, 1.807) is 41.3 Å². The number of nitrogens with one attached hydrogen (secondary N) is 3. The average Bonchev–Trinajstić information content (AvgIpc) is 1.56. The summed E-state index contributed by atoms with van der Waals surface area (Å²) < 4.78 is 69.8. The number of benzene rings is 2. The van der Waals surface area contributed by atoms with Crippen molar-refractivity contribution in [3.05, 3.63) is 114 Å². The summed E-state index contributed by atoms with van der Waals surface area (Å²) >= 11 is 6.18. The van der Waals surface area contributed by atoms with Gasteiger partial charge in [0.25, 0.3) is 38.3 Å². The van der Waals surface area contributed by atoms with Crippen molar-refractivity contribution in [1.29, 1.82) is 0 Å². The zero-order chi connectivity index (χ0) is 64.5. The summed E-state index contributed by atoms with van der Waals surface area (Å²) in [7, 11) is -8.34. The predicted octanol–water partition coefficient (Wildman–Crippen LogP) is 3.18. The second kappa shape index (κ2) is 33.5. The SMILES string of the molecule is CC1(C)C(COc2ccn(-c3ccc(C(=O)NS(=O)(=O)c4ccc(O)cc4)c(Cl)n3)n2)C1(C)C.C[C@@H]1CN(c2nc(-n3ccc(OCC4C(C)(C)C4(C)C)n3)ccc2C(=O)NS(=O)(=O)c2ccc(O)cc2)C(C)(C)C1.C[C@@H]1CNC(C)(C)C1.Cl.O=CO[O-].S.S.[H-].[K+].[K+]. The summed E-state index contributed by atoms with van der Waals surface area (Å²) in [5.41, 5.74) is 0.954. The number of halogens is 2. The van der Waals surface area contributed by atoms with Crippen molar-refractivity contribution in [2.75, 3.05) is 31.2 Å². The van der Waals surface area contributed by atoms with Gasteiger partial charge >= 0.3 is 103 Å². The molecule has 23 nitrogen and oxygen atoms in total. The van der Waals surface area contributed by atoms with Crippen molar-refractivity contribution in [3.63, 3.8) is 0 Å². The van der Waals surface area contributed by atoms with Crippen molar-refractivity contribution in [2.45, 2.75) is 131 Å². The van der Waals surface area contributed by atoms with E-state index in [-0.39, 0.29) is 215 Å². The number of hydrogen-bond acceptors (Lipinski definition) is 19. The molecule has 6 aromatic rings. The van der Waals surface area contributed by atoms with Crippen LogP contribution in [0.1, 0.15) is 132 Å². The maximum Gasteiger partial charge on any atom is 1.00 e. The molecule has 31 heteroatoms. The molecule has 4 aromatic heterocycles. The van der Waals surface area contributed by atoms with Gasteiger partial charge in [0.2, 0.25) is 11.8 Å². The number of phenols is 2. The van der Waals surface area contributed by atoms with Gasteiger partial charge in [0.15, 0.2) is 11.6 Å². The fourth-order valence-corrected chi connectivity index (χ4v) is 13.8. The largest absolute Gasteiger partial charge is 1.00 e. The number of aromatic hydroxyl groups is 2. The molecular weight excluding hydrogens is 1360 g/mol. The predicted molar refractivity (Wildman–Crippen MR) is 354 cm³/mol. The number of pyridine rings is 2. The molecule has 2 saturated heterocycles. The molecule has 2 saturated carbocycles. The monoisotopic (exact) mass is 1440 g/mol. The Hall–Kier alpha value is -3.06. The number of phenolic OH excluding ortho intramolecular Hbond substituents is 2. The number of carbonyl (C=O) groups is 3. The number of anilines is 1. The summed E-state index contributed by atoms with van der Waals surface area (Å²) in [6.07, 6.45) is 5.63. The van der Waals surface area contributed by atoms with Gasteiger partial charge in [-0.05, 0) is 153 Å². The molecule has 2 atom stereocenters. The van der Waals surface area contributed by atoms with Gasteiger partial charge in [-0.1, -0.05) is 80.8 Å². The molecular formula is C61H86Cl2K2N10O13S4. The van der Waals surface area contributed by atoms with Crippen molar-refractivity contribution in [2.24, 2.45) is 45.3 Å². The molecule has 2 aliphatic carbocycles. The summed E-state index contributed by atoms with van der Waals surface area (Å²) in [6, 6.07) is 19.3. The van der Waals surface area contributed by atoms with Gasteiger partial charge in [-0.25, -0.2) is 45.6 Å². The van der Waals surface area contributed by atoms with Crippen LogP contribution >= 0.6 is 51.0 Å². The van der Waals surface area contributed by atoms with Crippen LogP contribution in [0.25, 0.3) is 11.6 Å². The number of carbonyl (C=O) groups excluding carboxylic acids is 3. The molecule has 0 bridgehead atoms. The van der Waals surface area contributed by atoms with Gasteiger partial charge in [0.1, 0.15) is 22.5 Å². The number of rotatable bonds is 16. The molecule has 10 rings (SSSR count). The number of sulfonamides is 2. The Morgan fingerprint density at radius 1 is 0.652 bits per heavy atom. The fourth-order valence-electron chi connectivity index (χ4n) is 11.7. The van der Waals surface area contributed by atoms with E-state index < -0.39 is 31.9 Å². The normalized spacial score (nSPS) is 18.9. The van der Waals surface area contributed by atoms with E-state index in [1.165, 1.54) is 78.3 Å². The quantitative estimate of drug-likeness (QED) is 0.0305. The van der Waals surface area contributed by atoms with E-state index in [2.05, 4.69) is 132 Å². The van der Waals surface area contributed by atoms with Crippen LogP contribution in [-0.2, 0) is 29.7 Å². The minimum absolute atomic E-state index is 0. The molecule has 0 spiro atoms. The molecule has 5 N–H and O–H groups in total. The molecule has 2 aromatic carbocycles. The molecule has 4 aliphatic rings.